The van der Waals surface area contributed by atoms with Crippen LogP contribution in [0, 0.1) is 0 Å². The lowest BCUT2D eigenvalue weighted by Crippen LogP contribution is -2.28. The van der Waals surface area contributed by atoms with E-state index in [1.54, 1.807) is 6.07 Å². The van der Waals surface area contributed by atoms with Crippen LogP contribution in [0.4, 0.5) is 18.9 Å². The fourth-order valence-corrected chi connectivity index (χ4v) is 2.16. The Labute approximate surface area is 115 Å². The van der Waals surface area contributed by atoms with Crippen LogP contribution < -0.4 is 10.1 Å². The van der Waals surface area contributed by atoms with Crippen LogP contribution in [0.25, 0.3) is 0 Å². The van der Waals surface area contributed by atoms with Gasteiger partial charge in [-0.25, -0.2) is 4.98 Å². The Morgan fingerprint density at radius 1 is 1.25 bits per heavy atom. The van der Waals surface area contributed by atoms with Crippen LogP contribution in [0.5, 0.6) is 5.88 Å². The number of aliphatic hydroxyl groups is 1. The molecule has 1 saturated carbocycles. The molecule has 0 aromatic carbocycles. The molecule has 0 amide bonds. The van der Waals surface area contributed by atoms with Crippen molar-refractivity contribution in [2.45, 2.75) is 44.0 Å². The third kappa shape index (κ3) is 4.88. The van der Waals surface area contributed by atoms with E-state index in [-0.39, 0.29) is 18.0 Å². The summed E-state index contributed by atoms with van der Waals surface area (Å²) in [6, 6.07) is 3.32. The van der Waals surface area contributed by atoms with Gasteiger partial charge in [0.15, 0.2) is 6.61 Å². The molecule has 1 aromatic rings. The summed E-state index contributed by atoms with van der Waals surface area (Å²) in [5, 5.41) is 12.7. The zero-order valence-corrected chi connectivity index (χ0v) is 10.9. The molecule has 0 spiro atoms. The van der Waals surface area contributed by atoms with Crippen LogP contribution in [0.2, 0.25) is 0 Å². The van der Waals surface area contributed by atoms with Gasteiger partial charge in [0.2, 0.25) is 5.88 Å². The average Bonchev–Trinajstić information content (AvgIpc) is 2.40. The number of halogens is 3. The van der Waals surface area contributed by atoms with Gasteiger partial charge in [-0.2, -0.15) is 13.2 Å². The van der Waals surface area contributed by atoms with Crippen LogP contribution in [-0.4, -0.2) is 35.0 Å². The molecule has 2 N–H and O–H groups in total. The van der Waals surface area contributed by atoms with E-state index < -0.39 is 12.8 Å². The summed E-state index contributed by atoms with van der Waals surface area (Å²) in [6.45, 7) is -1.34. The Hall–Kier alpha value is -1.50. The lowest BCUT2D eigenvalue weighted by atomic mass is 9.93. The van der Waals surface area contributed by atoms with E-state index in [1.165, 1.54) is 12.3 Å². The van der Waals surface area contributed by atoms with E-state index >= 15 is 0 Å². The smallest absolute Gasteiger partial charge is 0.422 e. The molecular formula is C13H17F3N2O2. The second-order valence-electron chi connectivity index (χ2n) is 4.94. The molecule has 0 bridgehead atoms. The van der Waals surface area contributed by atoms with Gasteiger partial charge in [0.1, 0.15) is 0 Å². The largest absolute Gasteiger partial charge is 0.468 e. The summed E-state index contributed by atoms with van der Waals surface area (Å²) in [5.41, 5.74) is 0.741. The molecule has 1 heterocycles. The second kappa shape index (κ2) is 6.30. The number of anilines is 1. The summed E-state index contributed by atoms with van der Waals surface area (Å²) in [5.74, 6) is -0.0491. The molecular weight excluding hydrogens is 273 g/mol. The van der Waals surface area contributed by atoms with Crippen LogP contribution in [0.15, 0.2) is 18.3 Å². The fraction of sp³-hybridized carbons (Fsp3) is 0.615. The molecule has 4 nitrogen and oxygen atoms in total. The molecule has 2 rings (SSSR count). The number of rotatable bonds is 4. The maximum absolute atomic E-state index is 12.0. The van der Waals surface area contributed by atoms with E-state index in [4.69, 9.17) is 0 Å². The molecule has 0 aliphatic heterocycles. The summed E-state index contributed by atoms with van der Waals surface area (Å²) in [7, 11) is 0. The van der Waals surface area contributed by atoms with Crippen LogP contribution in [0.3, 0.4) is 0 Å². The Kier molecular flexibility index (Phi) is 4.69. The summed E-state index contributed by atoms with van der Waals surface area (Å²) >= 11 is 0. The first-order valence-electron chi connectivity index (χ1n) is 6.52. The normalized spacial score (nSPS) is 23.4. The van der Waals surface area contributed by atoms with Gasteiger partial charge >= 0.3 is 6.18 Å². The Morgan fingerprint density at radius 3 is 2.50 bits per heavy atom. The SMILES string of the molecule is OC1CCC(Nc2ccc(OCC(F)(F)F)nc2)CC1. The molecule has 20 heavy (non-hydrogen) atoms. The number of aromatic nitrogens is 1. The maximum atomic E-state index is 12.0. The number of pyridine rings is 1. The van der Waals surface area contributed by atoms with E-state index in [0.717, 1.165) is 31.4 Å². The summed E-state index contributed by atoms with van der Waals surface area (Å²) < 4.78 is 40.5. The predicted octanol–water partition coefficient (Wildman–Crippen LogP) is 2.74. The molecule has 7 heteroatoms. The van der Waals surface area contributed by atoms with E-state index in [1.807, 2.05) is 0 Å². The highest BCUT2D eigenvalue weighted by Gasteiger charge is 2.28. The summed E-state index contributed by atoms with van der Waals surface area (Å²) in [4.78, 5) is 3.83. The highest BCUT2D eigenvalue weighted by molar-refractivity contribution is 5.43. The van der Waals surface area contributed by atoms with Crippen molar-refractivity contribution in [3.05, 3.63) is 18.3 Å². The number of aliphatic hydroxyl groups excluding tert-OH is 1. The molecule has 1 aliphatic carbocycles. The van der Waals surface area contributed by atoms with Gasteiger partial charge < -0.3 is 15.2 Å². The lowest BCUT2D eigenvalue weighted by molar-refractivity contribution is -0.154. The zero-order valence-electron chi connectivity index (χ0n) is 10.9. The van der Waals surface area contributed by atoms with Gasteiger partial charge in [0.05, 0.1) is 18.0 Å². The molecule has 0 unspecified atom stereocenters. The number of ether oxygens (including phenoxy) is 1. The fourth-order valence-electron chi connectivity index (χ4n) is 2.16. The van der Waals surface area contributed by atoms with Crippen molar-refractivity contribution >= 4 is 5.69 Å². The number of nitrogens with one attached hydrogen (secondary N) is 1. The Morgan fingerprint density at radius 2 is 1.95 bits per heavy atom. The number of hydrogen-bond donors (Lipinski definition) is 2. The van der Waals surface area contributed by atoms with Crippen LogP contribution in [0.1, 0.15) is 25.7 Å². The minimum absolute atomic E-state index is 0.0491. The highest BCUT2D eigenvalue weighted by atomic mass is 19.4. The number of alkyl halides is 3. The van der Waals surface area contributed by atoms with Crippen LogP contribution in [-0.2, 0) is 0 Å². The molecule has 112 valence electrons. The number of hydrogen-bond acceptors (Lipinski definition) is 4. The molecule has 0 saturated heterocycles. The van der Waals surface area contributed by atoms with Gasteiger partial charge in [-0.3, -0.25) is 0 Å². The Balaban J connectivity index is 1.82. The first kappa shape index (κ1) is 14.9. The van der Waals surface area contributed by atoms with E-state index in [0.29, 0.717) is 0 Å². The third-order valence-electron chi connectivity index (χ3n) is 3.19. The molecule has 1 fully saturated rings. The van der Waals surface area contributed by atoms with Crippen molar-refractivity contribution in [2.24, 2.45) is 0 Å². The summed E-state index contributed by atoms with van der Waals surface area (Å²) in [6.07, 6.45) is 0.138. The average molecular weight is 290 g/mol. The minimum Gasteiger partial charge on any atom is -0.468 e. The zero-order chi connectivity index (χ0) is 14.6. The molecule has 1 aromatic heterocycles. The van der Waals surface area contributed by atoms with Crippen molar-refractivity contribution in [3.63, 3.8) is 0 Å². The van der Waals surface area contributed by atoms with Gasteiger partial charge in [-0.05, 0) is 31.7 Å². The van der Waals surface area contributed by atoms with E-state index in [2.05, 4.69) is 15.0 Å². The van der Waals surface area contributed by atoms with Crippen molar-refractivity contribution in [1.29, 1.82) is 0 Å². The standard InChI is InChI=1S/C13H17F3N2O2/c14-13(15,16)8-20-12-6-3-10(7-17-12)18-9-1-4-11(19)5-2-9/h3,6-7,9,11,18-19H,1-2,4-5,8H2. The monoisotopic (exact) mass is 290 g/mol. The maximum Gasteiger partial charge on any atom is 0.422 e. The first-order valence-corrected chi connectivity index (χ1v) is 6.52. The predicted molar refractivity (Wildman–Crippen MR) is 67.7 cm³/mol. The second-order valence-corrected chi connectivity index (χ2v) is 4.94. The molecule has 0 radical (unpaired) electrons. The van der Waals surface area contributed by atoms with Gasteiger partial charge in [0, 0.05) is 12.1 Å². The van der Waals surface area contributed by atoms with Gasteiger partial charge in [-0.15, -0.1) is 0 Å². The number of nitrogens with zero attached hydrogens (tertiary/aromatic N) is 1. The lowest BCUT2D eigenvalue weighted by Gasteiger charge is -2.26. The van der Waals surface area contributed by atoms with E-state index in [9.17, 15) is 18.3 Å². The van der Waals surface area contributed by atoms with Crippen LogP contribution >= 0.6 is 0 Å². The molecule has 0 atom stereocenters. The van der Waals surface area contributed by atoms with Crippen molar-refractivity contribution in [3.8, 4) is 5.88 Å². The Bertz CT molecular complexity index is 415. The topological polar surface area (TPSA) is 54.4 Å². The van der Waals surface area contributed by atoms with Crippen molar-refractivity contribution in [1.82, 2.24) is 4.98 Å². The minimum atomic E-state index is -4.36. The highest BCUT2D eigenvalue weighted by Crippen LogP contribution is 2.23. The third-order valence-corrected chi connectivity index (χ3v) is 3.19. The first-order chi connectivity index (χ1) is 9.42. The molecule has 1 aliphatic rings. The van der Waals surface area contributed by atoms with Gasteiger partial charge in [0.25, 0.3) is 0 Å². The van der Waals surface area contributed by atoms with Crippen molar-refractivity contribution in [2.75, 3.05) is 11.9 Å². The van der Waals surface area contributed by atoms with Gasteiger partial charge in [-0.1, -0.05) is 0 Å². The van der Waals surface area contributed by atoms with Crippen molar-refractivity contribution < 1.29 is 23.0 Å². The quantitative estimate of drug-likeness (QED) is 0.895.